The van der Waals surface area contributed by atoms with E-state index in [2.05, 4.69) is 6.92 Å². The molecule has 0 radical (unpaired) electrons. The third-order valence-corrected chi connectivity index (χ3v) is 3.96. The lowest BCUT2D eigenvalue weighted by atomic mass is 10.1. The van der Waals surface area contributed by atoms with Crippen LogP contribution in [-0.4, -0.2) is 12.6 Å². The van der Waals surface area contributed by atoms with Crippen molar-refractivity contribution in [2.75, 3.05) is 6.61 Å². The van der Waals surface area contributed by atoms with Crippen LogP contribution in [0.2, 0.25) is 0 Å². The van der Waals surface area contributed by atoms with Gasteiger partial charge in [0.15, 0.2) is 0 Å². The van der Waals surface area contributed by atoms with Crippen LogP contribution in [0, 0.1) is 13.8 Å². The van der Waals surface area contributed by atoms with Crippen LogP contribution in [0.3, 0.4) is 0 Å². The molecule has 0 unspecified atom stereocenters. The predicted octanol–water partition coefficient (Wildman–Crippen LogP) is 5.48. The highest BCUT2D eigenvalue weighted by Crippen LogP contribution is 2.24. The maximum absolute atomic E-state index is 12.3. The zero-order valence-corrected chi connectivity index (χ0v) is 14.8. The highest BCUT2D eigenvalue weighted by molar-refractivity contribution is 5.91. The lowest BCUT2D eigenvalue weighted by Gasteiger charge is -2.11. The summed E-state index contributed by atoms with van der Waals surface area (Å²) in [6.07, 6.45) is 4.71. The zero-order chi connectivity index (χ0) is 17.4. The summed E-state index contributed by atoms with van der Waals surface area (Å²) in [5.41, 5.74) is 2.43. The summed E-state index contributed by atoms with van der Waals surface area (Å²) in [5, 5.41) is 0. The number of para-hydroxylation sites is 1. The fourth-order valence-corrected chi connectivity index (χ4v) is 2.52. The van der Waals surface area contributed by atoms with Crippen LogP contribution in [0.15, 0.2) is 42.5 Å². The average Bonchev–Trinajstić information content (AvgIpc) is 2.58. The first-order chi connectivity index (χ1) is 11.6. The van der Waals surface area contributed by atoms with Gasteiger partial charge in [-0.3, -0.25) is 0 Å². The van der Waals surface area contributed by atoms with Crippen molar-refractivity contribution in [2.45, 2.75) is 46.5 Å². The molecule has 0 saturated carbocycles. The third kappa shape index (κ3) is 5.12. The van der Waals surface area contributed by atoms with Gasteiger partial charge in [-0.2, -0.15) is 0 Å². The molecule has 0 spiro atoms. The van der Waals surface area contributed by atoms with E-state index in [0.717, 1.165) is 23.3 Å². The SMILES string of the molecule is CCCCCCOc1ccc(C(=O)Oc2c(C)cccc2C)cc1. The fraction of sp³-hybridized carbons (Fsp3) is 0.381. The molecule has 0 amide bonds. The van der Waals surface area contributed by atoms with Crippen molar-refractivity contribution in [3.05, 3.63) is 59.2 Å². The van der Waals surface area contributed by atoms with Gasteiger partial charge < -0.3 is 9.47 Å². The molecule has 2 rings (SSSR count). The molecule has 0 aliphatic rings. The Labute approximate surface area is 144 Å². The summed E-state index contributed by atoms with van der Waals surface area (Å²) >= 11 is 0. The van der Waals surface area contributed by atoms with Crippen molar-refractivity contribution < 1.29 is 14.3 Å². The van der Waals surface area contributed by atoms with E-state index in [1.807, 2.05) is 44.2 Å². The van der Waals surface area contributed by atoms with E-state index in [1.54, 1.807) is 12.1 Å². The van der Waals surface area contributed by atoms with E-state index in [9.17, 15) is 4.79 Å². The Morgan fingerprint density at radius 2 is 1.58 bits per heavy atom. The lowest BCUT2D eigenvalue weighted by Crippen LogP contribution is -2.10. The molecule has 0 heterocycles. The average molecular weight is 326 g/mol. The van der Waals surface area contributed by atoms with Gasteiger partial charge in [0.1, 0.15) is 11.5 Å². The smallest absolute Gasteiger partial charge is 0.343 e. The summed E-state index contributed by atoms with van der Waals surface area (Å²) in [6.45, 7) is 6.78. The number of ether oxygens (including phenoxy) is 2. The Balaban J connectivity index is 1.91. The molecule has 0 N–H and O–H groups in total. The van der Waals surface area contributed by atoms with Crippen LogP contribution in [0.4, 0.5) is 0 Å². The van der Waals surface area contributed by atoms with Gasteiger partial charge in [0, 0.05) is 0 Å². The van der Waals surface area contributed by atoms with E-state index in [1.165, 1.54) is 19.3 Å². The molecule has 3 heteroatoms. The largest absolute Gasteiger partial charge is 0.494 e. The highest BCUT2D eigenvalue weighted by Gasteiger charge is 2.12. The van der Waals surface area contributed by atoms with Crippen LogP contribution in [0.1, 0.15) is 54.1 Å². The molecule has 0 aliphatic heterocycles. The molecule has 0 aromatic heterocycles. The topological polar surface area (TPSA) is 35.5 Å². The van der Waals surface area contributed by atoms with E-state index in [4.69, 9.17) is 9.47 Å². The molecule has 0 aliphatic carbocycles. The molecule has 2 aromatic rings. The second kappa shape index (κ2) is 9.11. The Bertz CT molecular complexity index is 639. The second-order valence-corrected chi connectivity index (χ2v) is 6.04. The number of unbranched alkanes of at least 4 members (excludes halogenated alkanes) is 3. The van der Waals surface area contributed by atoms with Crippen molar-refractivity contribution in [3.63, 3.8) is 0 Å². The summed E-state index contributed by atoms with van der Waals surface area (Å²) in [6, 6.07) is 13.0. The maximum Gasteiger partial charge on any atom is 0.343 e. The molecule has 0 saturated heterocycles. The van der Waals surface area contributed by atoms with Crippen LogP contribution >= 0.6 is 0 Å². The molecule has 0 bridgehead atoms. The monoisotopic (exact) mass is 326 g/mol. The summed E-state index contributed by atoms with van der Waals surface area (Å²) in [7, 11) is 0. The van der Waals surface area contributed by atoms with Crippen molar-refractivity contribution in [1.82, 2.24) is 0 Å². The van der Waals surface area contributed by atoms with Crippen molar-refractivity contribution in [1.29, 1.82) is 0 Å². The standard InChI is InChI=1S/C21H26O3/c1-4-5-6-7-15-23-19-13-11-18(12-14-19)21(22)24-20-16(2)9-8-10-17(20)3/h8-14H,4-7,15H2,1-3H3. The van der Waals surface area contributed by atoms with Gasteiger partial charge >= 0.3 is 5.97 Å². The van der Waals surface area contributed by atoms with Crippen LogP contribution in [0.5, 0.6) is 11.5 Å². The zero-order valence-electron chi connectivity index (χ0n) is 14.8. The Hall–Kier alpha value is -2.29. The first-order valence-electron chi connectivity index (χ1n) is 8.63. The highest BCUT2D eigenvalue weighted by atomic mass is 16.5. The number of esters is 1. The van der Waals surface area contributed by atoms with Gasteiger partial charge in [-0.05, 0) is 55.7 Å². The van der Waals surface area contributed by atoms with Crippen molar-refractivity contribution >= 4 is 5.97 Å². The minimum absolute atomic E-state index is 0.345. The third-order valence-electron chi connectivity index (χ3n) is 3.96. The summed E-state index contributed by atoms with van der Waals surface area (Å²) in [4.78, 5) is 12.3. The summed E-state index contributed by atoms with van der Waals surface area (Å²) in [5.74, 6) is 1.08. The van der Waals surface area contributed by atoms with Gasteiger partial charge in [0.25, 0.3) is 0 Å². The summed E-state index contributed by atoms with van der Waals surface area (Å²) < 4.78 is 11.2. The van der Waals surface area contributed by atoms with Crippen LogP contribution in [-0.2, 0) is 0 Å². The van der Waals surface area contributed by atoms with Gasteiger partial charge in [-0.1, -0.05) is 44.4 Å². The molecule has 0 atom stereocenters. The fourth-order valence-electron chi connectivity index (χ4n) is 2.52. The number of benzene rings is 2. The normalized spacial score (nSPS) is 10.5. The van der Waals surface area contributed by atoms with Crippen LogP contribution in [0.25, 0.3) is 0 Å². The van der Waals surface area contributed by atoms with E-state index < -0.39 is 0 Å². The Morgan fingerprint density at radius 1 is 0.917 bits per heavy atom. The molecule has 0 fully saturated rings. The predicted molar refractivity (Wildman–Crippen MR) is 97.0 cm³/mol. The number of carbonyl (C=O) groups is 1. The van der Waals surface area contributed by atoms with Crippen molar-refractivity contribution in [3.8, 4) is 11.5 Å². The quantitative estimate of drug-likeness (QED) is 0.366. The van der Waals surface area contributed by atoms with Crippen LogP contribution < -0.4 is 9.47 Å². The minimum atomic E-state index is -0.345. The Morgan fingerprint density at radius 3 is 2.21 bits per heavy atom. The number of hydrogen-bond acceptors (Lipinski definition) is 3. The maximum atomic E-state index is 12.3. The van der Waals surface area contributed by atoms with E-state index in [0.29, 0.717) is 17.9 Å². The van der Waals surface area contributed by atoms with Gasteiger partial charge in [-0.15, -0.1) is 0 Å². The second-order valence-electron chi connectivity index (χ2n) is 6.04. The van der Waals surface area contributed by atoms with Gasteiger partial charge in [0.05, 0.1) is 12.2 Å². The van der Waals surface area contributed by atoms with Crippen molar-refractivity contribution in [2.24, 2.45) is 0 Å². The molecule has 24 heavy (non-hydrogen) atoms. The minimum Gasteiger partial charge on any atom is -0.494 e. The van der Waals surface area contributed by atoms with E-state index in [-0.39, 0.29) is 5.97 Å². The van der Waals surface area contributed by atoms with E-state index >= 15 is 0 Å². The van der Waals surface area contributed by atoms with Gasteiger partial charge in [0.2, 0.25) is 0 Å². The number of hydrogen-bond donors (Lipinski definition) is 0. The first kappa shape index (κ1) is 18.1. The molecule has 128 valence electrons. The molecule has 3 nitrogen and oxygen atoms in total. The molecule has 2 aromatic carbocycles. The Kier molecular flexibility index (Phi) is 6.86. The molecular formula is C21H26O3. The number of aryl methyl sites for hydroxylation is 2. The number of carbonyl (C=O) groups excluding carboxylic acids is 1. The molecular weight excluding hydrogens is 300 g/mol. The van der Waals surface area contributed by atoms with Gasteiger partial charge in [-0.25, -0.2) is 4.79 Å². The number of rotatable bonds is 8. The lowest BCUT2D eigenvalue weighted by molar-refractivity contribution is 0.0732. The first-order valence-corrected chi connectivity index (χ1v) is 8.63.